The Bertz CT molecular complexity index is 1460. The minimum Gasteiger partial charge on any atom is -0.463 e. The first-order valence-corrected chi connectivity index (χ1v) is 20.4. The van der Waals surface area contributed by atoms with Gasteiger partial charge in [-0.15, -0.1) is 0 Å². The summed E-state index contributed by atoms with van der Waals surface area (Å²) >= 11 is 0. The monoisotopic (exact) mass is 801 g/mol. The van der Waals surface area contributed by atoms with Crippen LogP contribution in [0.1, 0.15) is 90.5 Å². The number of alkyl carbamates (subject to hydrolysis) is 1. The Labute approximate surface area is 335 Å². The zero-order valence-electron chi connectivity index (χ0n) is 33.8. The topological polar surface area (TPSA) is 211 Å². The number of nitrogens with zero attached hydrogens (tertiary/aromatic N) is 1. The molecule has 318 valence electrons. The van der Waals surface area contributed by atoms with E-state index in [1.54, 1.807) is 30.3 Å². The minimum atomic E-state index is -1.69. The summed E-state index contributed by atoms with van der Waals surface area (Å²) in [5, 5.41) is 22.1. The average molecular weight is 802 g/mol. The average Bonchev–Trinajstić information content (AvgIpc) is 3.17. The Morgan fingerprint density at radius 1 is 1.00 bits per heavy atom. The maximum atomic E-state index is 14.0. The van der Waals surface area contributed by atoms with Gasteiger partial charge < -0.3 is 45.3 Å². The number of hydrogen-bond acceptors (Lipinski definition) is 12. The maximum Gasteiger partial charge on any atom is 0.407 e. The van der Waals surface area contributed by atoms with Crippen LogP contribution in [0, 0.1) is 11.3 Å². The number of ether oxygens (including phenoxy) is 4. The molecule has 1 aromatic rings. The lowest BCUT2D eigenvalue weighted by molar-refractivity contribution is -0.163. The van der Waals surface area contributed by atoms with Crippen molar-refractivity contribution in [3.8, 4) is 0 Å². The van der Waals surface area contributed by atoms with E-state index in [1.165, 1.54) is 0 Å². The molecule has 1 aliphatic carbocycles. The highest BCUT2D eigenvalue weighted by Gasteiger charge is 2.37. The van der Waals surface area contributed by atoms with Gasteiger partial charge in [0.25, 0.3) is 0 Å². The second-order valence-electron chi connectivity index (χ2n) is 16.5. The molecular formula is C41H63N5O11. The third-order valence-corrected chi connectivity index (χ3v) is 10.3. The predicted molar refractivity (Wildman–Crippen MR) is 209 cm³/mol. The van der Waals surface area contributed by atoms with E-state index in [0.717, 1.165) is 32.1 Å². The zero-order chi connectivity index (χ0) is 41.2. The summed E-state index contributed by atoms with van der Waals surface area (Å²) in [5.74, 6) is -3.06. The van der Waals surface area contributed by atoms with E-state index < -0.39 is 66.8 Å². The molecule has 1 saturated carbocycles. The number of rotatable bonds is 13. The van der Waals surface area contributed by atoms with Crippen molar-refractivity contribution in [3.63, 3.8) is 0 Å². The van der Waals surface area contributed by atoms with Crippen molar-refractivity contribution in [1.29, 1.82) is 0 Å². The molecule has 2 aliphatic heterocycles. The van der Waals surface area contributed by atoms with Gasteiger partial charge in [0.05, 0.1) is 25.8 Å². The van der Waals surface area contributed by atoms with Crippen LogP contribution >= 0.6 is 0 Å². The van der Waals surface area contributed by atoms with E-state index in [9.17, 15) is 33.9 Å². The lowest BCUT2D eigenvalue weighted by atomic mass is 9.83. The standard InChI is InChI=1S/C41H63N5O11/c1-41(2,3)25-34(47)42-17-20-55-40(53)45-32(24-29-13-8-5-9-14-29)37(50)44-33-27-56-35(48)16-10-15-30(26-46-18-21-54-22-19-46)57-39(52)36(49)31(43-38(33)51)23-28-11-6-4-7-12-28/h5,8-9,13-14,28,30-33,36,49H,4,6-7,10-12,15-27H2,1-3H3,(H,42,47)(H,43,51)(H,44,50)(H,45,53)/t30?,31?,32-,33?,36+/m0/s1. The highest BCUT2D eigenvalue weighted by Crippen LogP contribution is 2.28. The van der Waals surface area contributed by atoms with E-state index in [0.29, 0.717) is 64.1 Å². The summed E-state index contributed by atoms with van der Waals surface area (Å²) in [5.41, 5.74) is 0.492. The molecule has 2 heterocycles. The number of nitrogens with one attached hydrogen (secondary N) is 4. The largest absolute Gasteiger partial charge is 0.463 e. The molecule has 0 aromatic heterocycles. The first-order chi connectivity index (χ1) is 27.3. The Hall–Kier alpha value is -4.28. The van der Waals surface area contributed by atoms with Crippen LogP contribution in [0.4, 0.5) is 4.79 Å². The molecular weight excluding hydrogens is 738 g/mol. The van der Waals surface area contributed by atoms with Crippen molar-refractivity contribution in [2.24, 2.45) is 11.3 Å². The number of amides is 4. The summed E-state index contributed by atoms with van der Waals surface area (Å²) < 4.78 is 22.1. The number of benzene rings is 1. The minimum absolute atomic E-state index is 0.0265. The lowest BCUT2D eigenvalue weighted by Gasteiger charge is -2.33. The lowest BCUT2D eigenvalue weighted by Crippen LogP contribution is -2.59. The molecule has 57 heavy (non-hydrogen) atoms. The molecule has 5 atom stereocenters. The van der Waals surface area contributed by atoms with Gasteiger partial charge in [0.1, 0.15) is 31.4 Å². The molecule has 3 unspecified atom stereocenters. The molecule has 16 heteroatoms. The van der Waals surface area contributed by atoms with Gasteiger partial charge in [-0.25, -0.2) is 9.59 Å². The highest BCUT2D eigenvalue weighted by atomic mass is 16.6. The summed E-state index contributed by atoms with van der Waals surface area (Å²) in [6, 6.07) is 5.19. The van der Waals surface area contributed by atoms with Crippen molar-refractivity contribution in [2.45, 2.75) is 122 Å². The van der Waals surface area contributed by atoms with Gasteiger partial charge in [0.15, 0.2) is 6.10 Å². The number of cyclic esters (lactones) is 2. The first-order valence-electron chi connectivity index (χ1n) is 20.4. The van der Waals surface area contributed by atoms with Crippen LogP contribution in [0.15, 0.2) is 30.3 Å². The molecule has 0 bridgehead atoms. The maximum absolute atomic E-state index is 14.0. The summed E-state index contributed by atoms with van der Waals surface area (Å²) in [7, 11) is 0. The van der Waals surface area contributed by atoms with Crippen LogP contribution in [0.25, 0.3) is 0 Å². The van der Waals surface area contributed by atoms with Crippen LogP contribution in [0.2, 0.25) is 0 Å². The highest BCUT2D eigenvalue weighted by molar-refractivity contribution is 5.92. The smallest absolute Gasteiger partial charge is 0.407 e. The number of morpholine rings is 1. The molecule has 0 spiro atoms. The zero-order valence-corrected chi connectivity index (χ0v) is 33.8. The van der Waals surface area contributed by atoms with Crippen molar-refractivity contribution in [2.75, 3.05) is 52.6 Å². The van der Waals surface area contributed by atoms with E-state index in [2.05, 4.69) is 26.2 Å². The van der Waals surface area contributed by atoms with E-state index in [1.807, 2.05) is 20.8 Å². The van der Waals surface area contributed by atoms with Crippen molar-refractivity contribution in [1.82, 2.24) is 26.2 Å². The molecule has 16 nitrogen and oxygen atoms in total. The predicted octanol–water partition coefficient (Wildman–Crippen LogP) is 2.15. The third-order valence-electron chi connectivity index (χ3n) is 10.3. The van der Waals surface area contributed by atoms with Gasteiger partial charge in [-0.2, -0.15) is 0 Å². The fourth-order valence-electron chi connectivity index (χ4n) is 7.29. The molecule has 2 saturated heterocycles. The number of esters is 2. The number of aliphatic hydroxyl groups excluding tert-OH is 1. The second-order valence-corrected chi connectivity index (χ2v) is 16.5. The number of aliphatic hydroxyl groups is 1. The van der Waals surface area contributed by atoms with Crippen LogP contribution in [-0.4, -0.2) is 129 Å². The van der Waals surface area contributed by atoms with E-state index in [-0.39, 0.29) is 43.2 Å². The van der Waals surface area contributed by atoms with Crippen LogP contribution < -0.4 is 21.3 Å². The van der Waals surface area contributed by atoms with Crippen molar-refractivity contribution < 1.29 is 52.8 Å². The summed E-state index contributed by atoms with van der Waals surface area (Å²) in [4.78, 5) is 81.7. The Kier molecular flexibility index (Phi) is 18.5. The molecule has 1 aromatic carbocycles. The van der Waals surface area contributed by atoms with Gasteiger partial charge in [0.2, 0.25) is 17.7 Å². The second kappa shape index (κ2) is 23.2. The Morgan fingerprint density at radius 3 is 2.42 bits per heavy atom. The van der Waals surface area contributed by atoms with Crippen molar-refractivity contribution >= 4 is 35.8 Å². The molecule has 5 N–H and O–H groups in total. The number of carbonyl (C=O) groups is 6. The SMILES string of the molecule is CC(C)(C)CC(=O)NCCOC(=O)N[C@@H](Cc1ccccc1)C(=O)NC1COC(=O)CCCC(CN2CCOCC2)OC(=O)[C@H](O)C(CC2CCCCC2)NC1=O. The van der Waals surface area contributed by atoms with E-state index in [4.69, 9.17) is 18.9 Å². The molecule has 0 radical (unpaired) electrons. The van der Waals surface area contributed by atoms with Gasteiger partial charge in [-0.1, -0.05) is 83.2 Å². The van der Waals surface area contributed by atoms with Gasteiger partial charge >= 0.3 is 18.0 Å². The van der Waals surface area contributed by atoms with Crippen LogP contribution in [0.3, 0.4) is 0 Å². The Morgan fingerprint density at radius 2 is 1.72 bits per heavy atom. The van der Waals surface area contributed by atoms with Gasteiger partial charge in [-0.05, 0) is 36.2 Å². The first kappa shape index (κ1) is 45.4. The quantitative estimate of drug-likeness (QED) is 0.110. The van der Waals surface area contributed by atoms with Crippen LogP contribution in [0.5, 0.6) is 0 Å². The van der Waals surface area contributed by atoms with Crippen LogP contribution in [-0.2, 0) is 49.3 Å². The molecule has 3 aliphatic rings. The third kappa shape index (κ3) is 17.0. The van der Waals surface area contributed by atoms with Gasteiger partial charge in [0, 0.05) is 38.9 Å². The fourth-order valence-corrected chi connectivity index (χ4v) is 7.29. The summed E-state index contributed by atoms with van der Waals surface area (Å²) in [6.45, 7) is 8.03. The number of carbonyl (C=O) groups excluding carboxylic acids is 6. The van der Waals surface area contributed by atoms with Gasteiger partial charge in [-0.3, -0.25) is 24.1 Å². The fraction of sp³-hybridized carbons (Fsp3) is 0.707. The molecule has 4 rings (SSSR count). The Balaban J connectivity index is 1.48. The normalized spacial score (nSPS) is 24.1. The van der Waals surface area contributed by atoms with E-state index >= 15 is 0 Å². The number of hydrogen-bond donors (Lipinski definition) is 5. The molecule has 4 amide bonds. The molecule has 3 fully saturated rings. The van der Waals surface area contributed by atoms with Crippen molar-refractivity contribution in [3.05, 3.63) is 35.9 Å². The summed E-state index contributed by atoms with van der Waals surface area (Å²) in [6.07, 6.45) is 2.85.